The van der Waals surface area contributed by atoms with Crippen molar-refractivity contribution in [3.63, 3.8) is 0 Å². The number of rotatable bonds is 5. The Kier molecular flexibility index (Phi) is 4.23. The van der Waals surface area contributed by atoms with Gasteiger partial charge in [-0.05, 0) is 30.7 Å². The van der Waals surface area contributed by atoms with Crippen molar-refractivity contribution in [3.05, 3.63) is 24.3 Å². The lowest BCUT2D eigenvalue weighted by molar-refractivity contribution is -0.0642. The third-order valence-corrected chi connectivity index (χ3v) is 2.64. The SMILES string of the molecule is CCC1OCC(COc2ccc(OC)cc2)O1. The molecule has 0 radical (unpaired) electrons. The average molecular weight is 238 g/mol. The average Bonchev–Trinajstić information content (AvgIpc) is 2.85. The van der Waals surface area contributed by atoms with E-state index in [2.05, 4.69) is 0 Å². The van der Waals surface area contributed by atoms with Gasteiger partial charge in [0.15, 0.2) is 6.29 Å². The molecule has 4 heteroatoms. The molecule has 0 bridgehead atoms. The van der Waals surface area contributed by atoms with Crippen molar-refractivity contribution < 1.29 is 18.9 Å². The highest BCUT2D eigenvalue weighted by Crippen LogP contribution is 2.19. The van der Waals surface area contributed by atoms with E-state index in [-0.39, 0.29) is 12.4 Å². The molecule has 1 fully saturated rings. The standard InChI is InChI=1S/C13H18O4/c1-3-13-16-9-12(17-13)8-15-11-6-4-10(14-2)5-7-11/h4-7,12-13H,3,8-9H2,1-2H3. The fourth-order valence-corrected chi connectivity index (χ4v) is 1.67. The summed E-state index contributed by atoms with van der Waals surface area (Å²) in [7, 11) is 1.64. The maximum Gasteiger partial charge on any atom is 0.158 e. The molecule has 1 aromatic carbocycles. The van der Waals surface area contributed by atoms with Gasteiger partial charge in [0.05, 0.1) is 13.7 Å². The first-order chi connectivity index (χ1) is 8.31. The zero-order valence-corrected chi connectivity index (χ0v) is 10.2. The molecular weight excluding hydrogens is 220 g/mol. The Morgan fingerprint density at radius 2 is 1.94 bits per heavy atom. The van der Waals surface area contributed by atoms with Crippen LogP contribution in [0, 0.1) is 0 Å². The Morgan fingerprint density at radius 3 is 2.53 bits per heavy atom. The van der Waals surface area contributed by atoms with Gasteiger partial charge in [0.2, 0.25) is 0 Å². The zero-order chi connectivity index (χ0) is 12.1. The summed E-state index contributed by atoms with van der Waals surface area (Å²) in [6.45, 7) is 3.16. The molecule has 4 nitrogen and oxygen atoms in total. The summed E-state index contributed by atoms with van der Waals surface area (Å²) >= 11 is 0. The van der Waals surface area contributed by atoms with Crippen molar-refractivity contribution in [1.82, 2.24) is 0 Å². The van der Waals surface area contributed by atoms with Crippen LogP contribution in [0.15, 0.2) is 24.3 Å². The van der Waals surface area contributed by atoms with Gasteiger partial charge in [0, 0.05) is 0 Å². The molecular formula is C13H18O4. The Balaban J connectivity index is 1.78. The summed E-state index contributed by atoms with van der Waals surface area (Å²) in [6, 6.07) is 7.50. The predicted octanol–water partition coefficient (Wildman–Crippen LogP) is 2.23. The Labute approximate surface area is 101 Å². The largest absolute Gasteiger partial charge is 0.497 e. The molecule has 1 aromatic rings. The predicted molar refractivity (Wildman–Crippen MR) is 63.4 cm³/mol. The highest BCUT2D eigenvalue weighted by atomic mass is 16.7. The van der Waals surface area contributed by atoms with Crippen molar-refractivity contribution in [3.8, 4) is 11.5 Å². The molecule has 1 saturated heterocycles. The molecule has 17 heavy (non-hydrogen) atoms. The molecule has 0 aliphatic carbocycles. The van der Waals surface area contributed by atoms with Crippen LogP contribution in [-0.4, -0.2) is 32.7 Å². The van der Waals surface area contributed by atoms with Crippen LogP contribution >= 0.6 is 0 Å². The van der Waals surface area contributed by atoms with Crippen LogP contribution < -0.4 is 9.47 Å². The van der Waals surface area contributed by atoms with E-state index in [1.54, 1.807) is 7.11 Å². The van der Waals surface area contributed by atoms with Gasteiger partial charge in [0.1, 0.15) is 24.2 Å². The summed E-state index contributed by atoms with van der Waals surface area (Å²) < 4.78 is 21.7. The summed E-state index contributed by atoms with van der Waals surface area (Å²) in [5, 5.41) is 0. The molecule has 2 atom stereocenters. The van der Waals surface area contributed by atoms with Gasteiger partial charge >= 0.3 is 0 Å². The van der Waals surface area contributed by atoms with E-state index < -0.39 is 0 Å². The normalized spacial score (nSPS) is 23.6. The van der Waals surface area contributed by atoms with Crippen molar-refractivity contribution in [2.75, 3.05) is 20.3 Å². The lowest BCUT2D eigenvalue weighted by atomic mass is 10.3. The second-order valence-corrected chi connectivity index (χ2v) is 3.92. The zero-order valence-electron chi connectivity index (χ0n) is 10.2. The summed E-state index contributed by atoms with van der Waals surface area (Å²) in [5.41, 5.74) is 0. The first-order valence-electron chi connectivity index (χ1n) is 5.85. The van der Waals surface area contributed by atoms with E-state index in [9.17, 15) is 0 Å². The van der Waals surface area contributed by atoms with Crippen LogP contribution in [-0.2, 0) is 9.47 Å². The molecule has 0 saturated carbocycles. The Hall–Kier alpha value is -1.26. The molecule has 1 heterocycles. The van der Waals surface area contributed by atoms with E-state index in [1.807, 2.05) is 31.2 Å². The van der Waals surface area contributed by atoms with Crippen LogP contribution in [0.5, 0.6) is 11.5 Å². The van der Waals surface area contributed by atoms with Gasteiger partial charge < -0.3 is 18.9 Å². The lowest BCUT2D eigenvalue weighted by Crippen LogP contribution is -2.20. The van der Waals surface area contributed by atoms with Crippen LogP contribution in [0.2, 0.25) is 0 Å². The van der Waals surface area contributed by atoms with Crippen molar-refractivity contribution in [2.24, 2.45) is 0 Å². The minimum absolute atomic E-state index is 0.0297. The van der Waals surface area contributed by atoms with Gasteiger partial charge in [-0.3, -0.25) is 0 Å². The van der Waals surface area contributed by atoms with Gasteiger partial charge in [0.25, 0.3) is 0 Å². The molecule has 0 aromatic heterocycles. The fourth-order valence-electron chi connectivity index (χ4n) is 1.67. The first-order valence-corrected chi connectivity index (χ1v) is 5.85. The second kappa shape index (κ2) is 5.89. The summed E-state index contributed by atoms with van der Waals surface area (Å²) in [4.78, 5) is 0. The monoisotopic (exact) mass is 238 g/mol. The molecule has 0 spiro atoms. The minimum atomic E-state index is -0.0699. The van der Waals surface area contributed by atoms with Crippen LogP contribution in [0.3, 0.4) is 0 Å². The van der Waals surface area contributed by atoms with E-state index in [1.165, 1.54) is 0 Å². The number of ether oxygens (including phenoxy) is 4. The van der Waals surface area contributed by atoms with Gasteiger partial charge in [-0.1, -0.05) is 6.92 Å². The van der Waals surface area contributed by atoms with Gasteiger partial charge in [-0.2, -0.15) is 0 Å². The Morgan fingerprint density at radius 1 is 1.24 bits per heavy atom. The third kappa shape index (κ3) is 3.35. The number of hydrogen-bond donors (Lipinski definition) is 0. The molecule has 0 N–H and O–H groups in total. The number of hydrogen-bond acceptors (Lipinski definition) is 4. The van der Waals surface area contributed by atoms with E-state index in [4.69, 9.17) is 18.9 Å². The van der Waals surface area contributed by atoms with E-state index in [0.717, 1.165) is 17.9 Å². The second-order valence-electron chi connectivity index (χ2n) is 3.92. The lowest BCUT2D eigenvalue weighted by Gasteiger charge is -2.11. The van der Waals surface area contributed by atoms with E-state index in [0.29, 0.717) is 13.2 Å². The van der Waals surface area contributed by atoms with E-state index >= 15 is 0 Å². The van der Waals surface area contributed by atoms with Crippen molar-refractivity contribution in [1.29, 1.82) is 0 Å². The van der Waals surface area contributed by atoms with Crippen LogP contribution in [0.4, 0.5) is 0 Å². The van der Waals surface area contributed by atoms with Gasteiger partial charge in [-0.25, -0.2) is 0 Å². The third-order valence-electron chi connectivity index (χ3n) is 2.64. The quantitative estimate of drug-likeness (QED) is 0.788. The molecule has 1 aliphatic heterocycles. The fraction of sp³-hybridized carbons (Fsp3) is 0.538. The molecule has 2 unspecified atom stereocenters. The number of methoxy groups -OCH3 is 1. The molecule has 1 aliphatic rings. The minimum Gasteiger partial charge on any atom is -0.497 e. The smallest absolute Gasteiger partial charge is 0.158 e. The van der Waals surface area contributed by atoms with Crippen LogP contribution in [0.25, 0.3) is 0 Å². The Bertz CT molecular complexity index is 336. The van der Waals surface area contributed by atoms with Gasteiger partial charge in [-0.15, -0.1) is 0 Å². The summed E-state index contributed by atoms with van der Waals surface area (Å²) in [6.07, 6.45) is 0.834. The van der Waals surface area contributed by atoms with Crippen molar-refractivity contribution in [2.45, 2.75) is 25.7 Å². The van der Waals surface area contributed by atoms with Crippen LogP contribution in [0.1, 0.15) is 13.3 Å². The number of benzene rings is 1. The highest BCUT2D eigenvalue weighted by molar-refractivity contribution is 5.31. The maximum absolute atomic E-state index is 5.62. The molecule has 94 valence electrons. The highest BCUT2D eigenvalue weighted by Gasteiger charge is 2.24. The summed E-state index contributed by atoms with van der Waals surface area (Å²) in [5.74, 6) is 1.64. The first kappa shape index (κ1) is 12.2. The maximum atomic E-state index is 5.62. The topological polar surface area (TPSA) is 36.9 Å². The molecule has 0 amide bonds. The molecule has 2 rings (SSSR count). The van der Waals surface area contributed by atoms with Crippen molar-refractivity contribution >= 4 is 0 Å².